The Morgan fingerprint density at radius 1 is 1.00 bits per heavy atom. The van der Waals surface area contributed by atoms with E-state index in [1.807, 2.05) is 30.3 Å². The van der Waals surface area contributed by atoms with Gasteiger partial charge in [-0.1, -0.05) is 42.5 Å². The van der Waals surface area contributed by atoms with Crippen LogP contribution in [-0.4, -0.2) is 66.9 Å². The molecule has 0 aromatic heterocycles. The number of ketones is 1. The van der Waals surface area contributed by atoms with Gasteiger partial charge in [0, 0.05) is 44.6 Å². The molecule has 0 spiro atoms. The zero-order valence-electron chi connectivity index (χ0n) is 19.7. The van der Waals surface area contributed by atoms with Gasteiger partial charge in [-0.15, -0.1) is 0 Å². The van der Waals surface area contributed by atoms with Crippen LogP contribution in [0.15, 0.2) is 54.6 Å². The van der Waals surface area contributed by atoms with Crippen LogP contribution >= 0.6 is 0 Å². The lowest BCUT2D eigenvalue weighted by atomic mass is 10.1. The predicted octanol–water partition coefficient (Wildman–Crippen LogP) is 3.32. The summed E-state index contributed by atoms with van der Waals surface area (Å²) in [6.07, 6.45) is 2.28. The van der Waals surface area contributed by atoms with Gasteiger partial charge in [0.2, 0.25) is 11.8 Å². The maximum Gasteiger partial charge on any atom is 0.242 e. The van der Waals surface area contributed by atoms with E-state index in [0.717, 1.165) is 11.3 Å². The van der Waals surface area contributed by atoms with Gasteiger partial charge in [-0.05, 0) is 36.5 Å². The summed E-state index contributed by atoms with van der Waals surface area (Å²) in [6, 6.07) is 16.6. The third kappa shape index (κ3) is 6.67. The Bertz CT molecular complexity index is 1010. The number of carbonyl (C=O) groups excluding carboxylic acids is 3. The highest BCUT2D eigenvalue weighted by Crippen LogP contribution is 2.29. The number of amides is 2. The standard InChI is InChI=1S/C27H32N2O5/c1-33-23-9-5-6-21(14-23)15-28-16-24(34-19-20-10-11-20)17-29(18-27(28)32)26(31)13-12-25(30)22-7-3-2-4-8-22/h2-9,14,20,24H,10-13,15-19H2,1H3/t24-/m1/s1. The Morgan fingerprint density at radius 3 is 2.53 bits per heavy atom. The summed E-state index contributed by atoms with van der Waals surface area (Å²) in [5.41, 5.74) is 1.55. The summed E-state index contributed by atoms with van der Waals surface area (Å²) in [5, 5.41) is 0. The molecule has 0 radical (unpaired) electrons. The van der Waals surface area contributed by atoms with Crippen molar-refractivity contribution in [1.29, 1.82) is 0 Å². The first-order valence-corrected chi connectivity index (χ1v) is 11.9. The van der Waals surface area contributed by atoms with E-state index in [2.05, 4.69) is 0 Å². The molecule has 1 atom stereocenters. The third-order valence-corrected chi connectivity index (χ3v) is 6.31. The molecule has 1 saturated carbocycles. The second kappa shape index (κ2) is 11.3. The molecule has 2 aromatic carbocycles. The van der Waals surface area contributed by atoms with Crippen LogP contribution in [0.5, 0.6) is 5.75 Å². The molecule has 7 nitrogen and oxygen atoms in total. The summed E-state index contributed by atoms with van der Waals surface area (Å²) in [4.78, 5) is 41.9. The molecule has 2 amide bonds. The number of methoxy groups -OCH3 is 1. The van der Waals surface area contributed by atoms with Crippen molar-refractivity contribution in [2.75, 3.05) is 33.4 Å². The van der Waals surface area contributed by atoms with Gasteiger partial charge in [0.05, 0.1) is 19.8 Å². The topological polar surface area (TPSA) is 76.2 Å². The SMILES string of the molecule is COc1cccc(CN2C[C@@H](OCC3CC3)CN(C(=O)CCC(=O)c3ccccc3)CC2=O)c1. The van der Waals surface area contributed by atoms with E-state index in [1.54, 1.807) is 41.2 Å². The fourth-order valence-corrected chi connectivity index (χ4v) is 4.12. The van der Waals surface area contributed by atoms with Crippen LogP contribution in [0.25, 0.3) is 0 Å². The highest BCUT2D eigenvalue weighted by Gasteiger charge is 2.32. The van der Waals surface area contributed by atoms with E-state index < -0.39 is 0 Å². The van der Waals surface area contributed by atoms with Gasteiger partial charge in [0.25, 0.3) is 0 Å². The second-order valence-electron chi connectivity index (χ2n) is 9.09. The van der Waals surface area contributed by atoms with Crippen LogP contribution in [0.1, 0.15) is 41.6 Å². The fraction of sp³-hybridized carbons (Fsp3) is 0.444. The van der Waals surface area contributed by atoms with Gasteiger partial charge < -0.3 is 19.3 Å². The maximum absolute atomic E-state index is 13.1. The Kier molecular flexibility index (Phi) is 7.95. The minimum atomic E-state index is -0.258. The Balaban J connectivity index is 1.41. The van der Waals surface area contributed by atoms with Crippen LogP contribution in [0.2, 0.25) is 0 Å². The normalized spacial score (nSPS) is 18.5. The summed E-state index contributed by atoms with van der Waals surface area (Å²) in [6.45, 7) is 1.85. The summed E-state index contributed by atoms with van der Waals surface area (Å²) < 4.78 is 11.5. The smallest absolute Gasteiger partial charge is 0.242 e. The first kappa shape index (κ1) is 24.0. The molecule has 2 aliphatic rings. The minimum absolute atomic E-state index is 0.00832. The van der Waals surface area contributed by atoms with E-state index >= 15 is 0 Å². The van der Waals surface area contributed by atoms with Crippen molar-refractivity contribution < 1.29 is 23.9 Å². The van der Waals surface area contributed by atoms with Crippen molar-refractivity contribution in [1.82, 2.24) is 9.80 Å². The first-order chi connectivity index (χ1) is 16.5. The van der Waals surface area contributed by atoms with Crippen molar-refractivity contribution in [2.45, 2.75) is 38.3 Å². The molecule has 1 aliphatic heterocycles. The molecule has 180 valence electrons. The summed E-state index contributed by atoms with van der Waals surface area (Å²) >= 11 is 0. The van der Waals surface area contributed by atoms with Gasteiger partial charge >= 0.3 is 0 Å². The molecule has 0 N–H and O–H groups in total. The second-order valence-corrected chi connectivity index (χ2v) is 9.09. The van der Waals surface area contributed by atoms with E-state index in [1.165, 1.54) is 12.8 Å². The lowest BCUT2D eigenvalue weighted by molar-refractivity contribution is -0.139. The van der Waals surface area contributed by atoms with Crippen LogP contribution < -0.4 is 4.74 Å². The van der Waals surface area contributed by atoms with Crippen molar-refractivity contribution in [3.63, 3.8) is 0 Å². The highest BCUT2D eigenvalue weighted by molar-refractivity contribution is 5.98. The van der Waals surface area contributed by atoms with Gasteiger partial charge in [-0.2, -0.15) is 0 Å². The number of Topliss-reactive ketones (excluding diaryl/α,β-unsaturated/α-hetero) is 1. The van der Waals surface area contributed by atoms with Gasteiger partial charge in [-0.3, -0.25) is 14.4 Å². The van der Waals surface area contributed by atoms with Crippen LogP contribution in [-0.2, 0) is 20.9 Å². The number of benzene rings is 2. The van der Waals surface area contributed by atoms with E-state index in [0.29, 0.717) is 37.7 Å². The average Bonchev–Trinajstić information content (AvgIpc) is 3.70. The molecular formula is C27H32N2O5. The summed E-state index contributed by atoms with van der Waals surface area (Å²) in [5.74, 6) is 0.930. The minimum Gasteiger partial charge on any atom is -0.497 e. The molecule has 7 heteroatoms. The largest absolute Gasteiger partial charge is 0.497 e. The number of carbonyl (C=O) groups is 3. The molecule has 34 heavy (non-hydrogen) atoms. The molecule has 0 bridgehead atoms. The summed E-state index contributed by atoms with van der Waals surface area (Å²) in [7, 11) is 1.62. The third-order valence-electron chi connectivity index (χ3n) is 6.31. The molecule has 1 saturated heterocycles. The Labute approximate surface area is 200 Å². The van der Waals surface area contributed by atoms with Crippen LogP contribution in [0.3, 0.4) is 0 Å². The quantitative estimate of drug-likeness (QED) is 0.504. The van der Waals surface area contributed by atoms with Crippen molar-refractivity contribution in [2.24, 2.45) is 5.92 Å². The lowest BCUT2D eigenvalue weighted by Crippen LogP contribution is -2.39. The Morgan fingerprint density at radius 2 is 1.79 bits per heavy atom. The number of ether oxygens (including phenoxy) is 2. The molecule has 2 aromatic rings. The van der Waals surface area contributed by atoms with Gasteiger partial charge in [0.1, 0.15) is 5.75 Å². The lowest BCUT2D eigenvalue weighted by Gasteiger charge is -2.25. The fourth-order valence-electron chi connectivity index (χ4n) is 4.12. The monoisotopic (exact) mass is 464 g/mol. The number of hydrogen-bond donors (Lipinski definition) is 0. The Hall–Kier alpha value is -3.19. The zero-order valence-corrected chi connectivity index (χ0v) is 19.7. The van der Waals surface area contributed by atoms with E-state index in [9.17, 15) is 14.4 Å². The van der Waals surface area contributed by atoms with Crippen LogP contribution in [0, 0.1) is 5.92 Å². The zero-order chi connectivity index (χ0) is 23.9. The molecular weight excluding hydrogens is 432 g/mol. The molecule has 2 fully saturated rings. The predicted molar refractivity (Wildman–Crippen MR) is 127 cm³/mol. The van der Waals surface area contributed by atoms with Crippen molar-refractivity contribution >= 4 is 17.6 Å². The molecule has 4 rings (SSSR count). The van der Waals surface area contributed by atoms with Crippen molar-refractivity contribution in [3.05, 3.63) is 65.7 Å². The van der Waals surface area contributed by atoms with E-state index in [-0.39, 0.29) is 43.1 Å². The first-order valence-electron chi connectivity index (χ1n) is 11.9. The number of hydrogen-bond acceptors (Lipinski definition) is 5. The number of rotatable bonds is 10. The van der Waals surface area contributed by atoms with E-state index in [4.69, 9.17) is 9.47 Å². The molecule has 1 aliphatic carbocycles. The molecule has 1 heterocycles. The molecule has 0 unspecified atom stereocenters. The average molecular weight is 465 g/mol. The van der Waals surface area contributed by atoms with Crippen molar-refractivity contribution in [3.8, 4) is 5.75 Å². The van der Waals surface area contributed by atoms with Crippen LogP contribution in [0.4, 0.5) is 0 Å². The highest BCUT2D eigenvalue weighted by atomic mass is 16.5. The maximum atomic E-state index is 13.1. The van der Waals surface area contributed by atoms with Gasteiger partial charge in [-0.25, -0.2) is 0 Å². The van der Waals surface area contributed by atoms with Gasteiger partial charge in [0.15, 0.2) is 5.78 Å². The number of nitrogens with zero attached hydrogens (tertiary/aromatic N) is 2.